The third-order valence-electron chi connectivity index (χ3n) is 5.20. The van der Waals surface area contributed by atoms with Crippen molar-refractivity contribution in [3.05, 3.63) is 11.6 Å². The lowest BCUT2D eigenvalue weighted by molar-refractivity contribution is -0.122. The molecule has 5 nitrogen and oxygen atoms in total. The molecule has 0 saturated heterocycles. The summed E-state index contributed by atoms with van der Waals surface area (Å²) in [6.45, 7) is 22.7. The summed E-state index contributed by atoms with van der Waals surface area (Å²) in [5.41, 5.74) is 0.207. The first-order valence-electron chi connectivity index (χ1n) is 12.8. The summed E-state index contributed by atoms with van der Waals surface area (Å²) < 4.78 is 5.22. The normalized spacial score (nSPS) is 10.7. The van der Waals surface area contributed by atoms with E-state index in [0.717, 1.165) is 37.9 Å². The van der Waals surface area contributed by atoms with E-state index in [2.05, 4.69) is 41.5 Å². The van der Waals surface area contributed by atoms with Gasteiger partial charge in [0.15, 0.2) is 5.78 Å². The van der Waals surface area contributed by atoms with Gasteiger partial charge < -0.3 is 9.84 Å². The number of ketones is 1. The van der Waals surface area contributed by atoms with Gasteiger partial charge in [-0.3, -0.25) is 9.59 Å². The van der Waals surface area contributed by atoms with Crippen molar-refractivity contribution in [1.82, 2.24) is 0 Å². The van der Waals surface area contributed by atoms with Crippen molar-refractivity contribution >= 4 is 12.3 Å². The summed E-state index contributed by atoms with van der Waals surface area (Å²) >= 11 is 0. The Hall–Kier alpha value is -1.67. The lowest BCUT2D eigenvalue weighted by Gasteiger charge is -2.18. The molecule has 0 rings (SSSR count). The molecule has 0 aromatic carbocycles. The maximum atomic E-state index is 10.9. The van der Waals surface area contributed by atoms with Crippen LogP contribution in [0, 0.1) is 28.6 Å². The van der Waals surface area contributed by atoms with Gasteiger partial charge in [-0.05, 0) is 43.4 Å². The number of allylic oxidation sites excluding steroid dienone is 2. The SMILES string of the molecule is CCC(C)(C)/C=C(\C#N)C(C)=O.CCCC(CCC)C(C)C.CCCCOCCC.O=CO. The standard InChI is InChI=1S/C10H15NO.C10H22.C7H16O.CH2O2/c1-5-10(3,4)6-9(7-11)8(2)12;1-5-7-10(8-6-2)9(3)4;1-3-5-7-8-6-4-2;2-1-3/h6H,5H2,1-4H3;9-10H,5-8H2,1-4H3;3-7H2,1-2H3;1H,(H,2,3)/b9-6+;;;. The molecule has 5 heteroatoms. The van der Waals surface area contributed by atoms with E-state index >= 15 is 0 Å². The molecule has 0 atom stereocenters. The summed E-state index contributed by atoms with van der Waals surface area (Å²) in [5, 5.41) is 15.5. The zero-order valence-corrected chi connectivity index (χ0v) is 23.5. The highest BCUT2D eigenvalue weighted by molar-refractivity contribution is 5.97. The number of hydrogen-bond donors (Lipinski definition) is 1. The molecule has 0 amide bonds. The fraction of sp³-hybridized carbons (Fsp3) is 0.821. The van der Waals surface area contributed by atoms with E-state index in [0.29, 0.717) is 0 Å². The highest BCUT2D eigenvalue weighted by atomic mass is 16.5. The molecule has 0 bridgehead atoms. The Kier molecular flexibility index (Phi) is 33.2. The van der Waals surface area contributed by atoms with E-state index in [9.17, 15) is 4.79 Å². The molecule has 0 aliphatic carbocycles. The lowest BCUT2D eigenvalue weighted by atomic mass is 9.87. The van der Waals surface area contributed by atoms with Crippen LogP contribution in [0.3, 0.4) is 0 Å². The van der Waals surface area contributed by atoms with Gasteiger partial charge in [-0.15, -0.1) is 0 Å². The average molecular weight is 470 g/mol. The van der Waals surface area contributed by atoms with Crippen molar-refractivity contribution in [2.45, 2.75) is 121 Å². The molecule has 0 spiro atoms. The van der Waals surface area contributed by atoms with Gasteiger partial charge in [0.2, 0.25) is 0 Å². The van der Waals surface area contributed by atoms with E-state index in [4.69, 9.17) is 19.9 Å². The fourth-order valence-corrected chi connectivity index (χ4v) is 2.75. The number of carbonyl (C=O) groups excluding carboxylic acids is 1. The van der Waals surface area contributed by atoms with Gasteiger partial charge in [0.25, 0.3) is 6.47 Å². The van der Waals surface area contributed by atoms with Crippen LogP contribution in [0.2, 0.25) is 0 Å². The third-order valence-corrected chi connectivity index (χ3v) is 5.20. The summed E-state index contributed by atoms with van der Waals surface area (Å²) in [6.07, 6.45) is 11.8. The van der Waals surface area contributed by atoms with Crippen molar-refractivity contribution in [2.75, 3.05) is 13.2 Å². The fourth-order valence-electron chi connectivity index (χ4n) is 2.75. The highest BCUT2D eigenvalue weighted by Gasteiger charge is 2.14. The Morgan fingerprint density at radius 1 is 1.00 bits per heavy atom. The summed E-state index contributed by atoms with van der Waals surface area (Å²) in [7, 11) is 0. The van der Waals surface area contributed by atoms with Crippen LogP contribution in [0.25, 0.3) is 0 Å². The van der Waals surface area contributed by atoms with E-state index in [-0.39, 0.29) is 23.2 Å². The number of nitrogens with zero attached hydrogens (tertiary/aromatic N) is 1. The second-order valence-electron chi connectivity index (χ2n) is 9.22. The second kappa shape index (κ2) is 28.4. The van der Waals surface area contributed by atoms with Crippen molar-refractivity contribution in [2.24, 2.45) is 17.3 Å². The quantitative estimate of drug-likeness (QED) is 0.127. The number of rotatable bonds is 13. The van der Waals surface area contributed by atoms with Crippen LogP contribution in [0.1, 0.15) is 121 Å². The molecule has 0 fully saturated rings. The van der Waals surface area contributed by atoms with Crippen molar-refractivity contribution in [3.8, 4) is 6.07 Å². The smallest absolute Gasteiger partial charge is 0.290 e. The minimum atomic E-state index is -0.250. The predicted molar refractivity (Wildman–Crippen MR) is 141 cm³/mol. The molecule has 0 unspecified atom stereocenters. The number of Topliss-reactive ketones (excluding diaryl/α,β-unsaturated/α-hetero) is 1. The zero-order chi connectivity index (χ0) is 26.7. The van der Waals surface area contributed by atoms with Crippen LogP contribution in [-0.2, 0) is 14.3 Å². The summed E-state index contributed by atoms with van der Waals surface area (Å²) in [4.78, 5) is 19.2. The third kappa shape index (κ3) is 32.6. The molecule has 0 aliphatic heterocycles. The molecule has 196 valence electrons. The monoisotopic (exact) mass is 469 g/mol. The Balaban J connectivity index is -0.000000183. The van der Waals surface area contributed by atoms with Gasteiger partial charge >= 0.3 is 0 Å². The van der Waals surface area contributed by atoms with E-state index < -0.39 is 0 Å². The van der Waals surface area contributed by atoms with E-state index in [1.807, 2.05) is 26.8 Å². The van der Waals surface area contributed by atoms with Crippen molar-refractivity contribution < 1.29 is 19.4 Å². The van der Waals surface area contributed by atoms with Gasteiger partial charge in [-0.25, -0.2) is 0 Å². The number of carboxylic acid groups (broad SMARTS) is 1. The van der Waals surface area contributed by atoms with Crippen LogP contribution in [0.5, 0.6) is 0 Å². The number of nitriles is 1. The number of ether oxygens (including phenoxy) is 1. The first kappa shape index (κ1) is 38.6. The lowest BCUT2D eigenvalue weighted by Crippen LogP contribution is -2.08. The average Bonchev–Trinajstić information content (AvgIpc) is 2.76. The minimum Gasteiger partial charge on any atom is -0.483 e. The molecular weight excluding hydrogens is 414 g/mol. The minimum absolute atomic E-state index is 0.0588. The molecular formula is C28H55NO4. The maximum absolute atomic E-state index is 10.9. The van der Waals surface area contributed by atoms with Gasteiger partial charge in [-0.2, -0.15) is 5.26 Å². The predicted octanol–water partition coefficient (Wildman–Crippen LogP) is 8.23. The van der Waals surface area contributed by atoms with Gasteiger partial charge in [0, 0.05) is 13.2 Å². The first-order chi connectivity index (χ1) is 15.5. The van der Waals surface area contributed by atoms with Crippen LogP contribution >= 0.6 is 0 Å². The molecule has 33 heavy (non-hydrogen) atoms. The number of hydrogen-bond acceptors (Lipinski definition) is 4. The molecule has 0 aliphatic rings. The molecule has 0 heterocycles. The first-order valence-corrected chi connectivity index (χ1v) is 12.8. The van der Waals surface area contributed by atoms with Crippen LogP contribution in [0.4, 0.5) is 0 Å². The van der Waals surface area contributed by atoms with Crippen LogP contribution < -0.4 is 0 Å². The van der Waals surface area contributed by atoms with Gasteiger partial charge in [0.05, 0.1) is 5.57 Å². The topological polar surface area (TPSA) is 87.4 Å². The number of unbranched alkanes of at least 4 members (excludes halogenated alkanes) is 1. The van der Waals surface area contributed by atoms with E-state index in [1.54, 1.807) is 6.08 Å². The van der Waals surface area contributed by atoms with Gasteiger partial charge in [-0.1, -0.05) is 100 Å². The second-order valence-corrected chi connectivity index (χ2v) is 9.22. The molecule has 0 aromatic heterocycles. The Labute approximate surface area is 206 Å². The van der Waals surface area contributed by atoms with E-state index in [1.165, 1.54) is 45.4 Å². The summed E-state index contributed by atoms with van der Waals surface area (Å²) in [6, 6.07) is 1.90. The maximum Gasteiger partial charge on any atom is 0.290 e. The molecule has 1 N–H and O–H groups in total. The van der Waals surface area contributed by atoms with Gasteiger partial charge in [0.1, 0.15) is 6.07 Å². The largest absolute Gasteiger partial charge is 0.483 e. The molecule has 0 radical (unpaired) electrons. The molecule has 0 aromatic rings. The molecule has 0 saturated carbocycles. The number of carbonyl (C=O) groups is 2. The Morgan fingerprint density at radius 3 is 1.76 bits per heavy atom. The van der Waals surface area contributed by atoms with Crippen LogP contribution in [0.15, 0.2) is 11.6 Å². The van der Waals surface area contributed by atoms with Crippen molar-refractivity contribution in [1.29, 1.82) is 5.26 Å². The van der Waals surface area contributed by atoms with Crippen molar-refractivity contribution in [3.63, 3.8) is 0 Å². The Morgan fingerprint density at radius 2 is 1.48 bits per heavy atom. The highest BCUT2D eigenvalue weighted by Crippen LogP contribution is 2.23. The zero-order valence-electron chi connectivity index (χ0n) is 23.5. The Bertz CT molecular complexity index is 493. The summed E-state index contributed by atoms with van der Waals surface area (Å²) in [5.74, 6) is 1.72. The van der Waals surface area contributed by atoms with Crippen LogP contribution in [-0.4, -0.2) is 30.6 Å².